The third kappa shape index (κ3) is 5.57. The maximum Gasteiger partial charge on any atom is 0.253 e. The van der Waals surface area contributed by atoms with E-state index in [9.17, 15) is 9.59 Å². The average molecular weight is 382 g/mol. The van der Waals surface area contributed by atoms with Gasteiger partial charge in [-0.1, -0.05) is 24.3 Å². The first-order chi connectivity index (χ1) is 13.7. The molecule has 1 atom stereocenters. The third-order valence-electron chi connectivity index (χ3n) is 4.76. The normalized spacial score (nSPS) is 15.8. The molecule has 0 bridgehead atoms. The van der Waals surface area contributed by atoms with Gasteiger partial charge in [0.2, 0.25) is 5.91 Å². The summed E-state index contributed by atoms with van der Waals surface area (Å²) >= 11 is 0. The van der Waals surface area contributed by atoms with Crippen molar-refractivity contribution in [2.75, 3.05) is 25.6 Å². The van der Waals surface area contributed by atoms with Gasteiger partial charge in [-0.25, -0.2) is 0 Å². The Kier molecular flexibility index (Phi) is 7.03. The van der Waals surface area contributed by atoms with Crippen LogP contribution in [0.2, 0.25) is 0 Å². The molecule has 1 aliphatic heterocycles. The van der Waals surface area contributed by atoms with Gasteiger partial charge in [-0.2, -0.15) is 0 Å². The molecule has 6 heteroatoms. The predicted molar refractivity (Wildman–Crippen MR) is 108 cm³/mol. The van der Waals surface area contributed by atoms with E-state index in [1.165, 1.54) is 0 Å². The number of methoxy groups -OCH3 is 1. The molecule has 1 saturated heterocycles. The monoisotopic (exact) mass is 382 g/mol. The van der Waals surface area contributed by atoms with Crippen molar-refractivity contribution in [3.05, 3.63) is 59.7 Å². The van der Waals surface area contributed by atoms with E-state index in [0.29, 0.717) is 30.6 Å². The van der Waals surface area contributed by atoms with Crippen LogP contribution in [0.1, 0.15) is 35.2 Å². The fourth-order valence-corrected chi connectivity index (χ4v) is 3.16. The second-order valence-corrected chi connectivity index (χ2v) is 6.79. The first-order valence-electron chi connectivity index (χ1n) is 9.57. The lowest BCUT2D eigenvalue weighted by molar-refractivity contribution is -0.116. The topological polar surface area (TPSA) is 76.7 Å². The highest BCUT2D eigenvalue weighted by atomic mass is 16.5. The van der Waals surface area contributed by atoms with E-state index >= 15 is 0 Å². The van der Waals surface area contributed by atoms with Crippen molar-refractivity contribution in [1.29, 1.82) is 0 Å². The van der Waals surface area contributed by atoms with E-state index in [4.69, 9.17) is 9.47 Å². The maximum atomic E-state index is 12.5. The number of hydrogen-bond donors (Lipinski definition) is 2. The summed E-state index contributed by atoms with van der Waals surface area (Å²) in [5.74, 6) is 0.452. The molecule has 0 radical (unpaired) electrons. The van der Waals surface area contributed by atoms with E-state index in [1.54, 1.807) is 31.4 Å². The summed E-state index contributed by atoms with van der Waals surface area (Å²) in [6.07, 6.45) is 3.02. The minimum atomic E-state index is -0.207. The van der Waals surface area contributed by atoms with Gasteiger partial charge in [0.15, 0.2) is 0 Å². The molecular weight excluding hydrogens is 356 g/mol. The molecule has 6 nitrogen and oxygen atoms in total. The number of benzene rings is 2. The largest absolute Gasteiger partial charge is 0.497 e. The molecule has 0 saturated carbocycles. The van der Waals surface area contributed by atoms with Gasteiger partial charge in [0.25, 0.3) is 5.91 Å². The summed E-state index contributed by atoms with van der Waals surface area (Å²) in [5.41, 5.74) is 2.03. The molecule has 1 heterocycles. The molecule has 2 aromatic rings. The van der Waals surface area contributed by atoms with Gasteiger partial charge >= 0.3 is 0 Å². The summed E-state index contributed by atoms with van der Waals surface area (Å²) in [5, 5.41) is 5.75. The molecule has 1 fully saturated rings. The van der Waals surface area contributed by atoms with E-state index in [2.05, 4.69) is 10.6 Å². The number of carbonyl (C=O) groups is 2. The lowest BCUT2D eigenvalue weighted by Gasteiger charge is -2.14. The molecule has 148 valence electrons. The molecule has 2 aromatic carbocycles. The minimum absolute atomic E-state index is 0.0789. The first-order valence-corrected chi connectivity index (χ1v) is 9.57. The van der Waals surface area contributed by atoms with Crippen LogP contribution in [0.25, 0.3) is 0 Å². The molecule has 2 amide bonds. The Hall–Kier alpha value is -2.86. The number of hydrogen-bond acceptors (Lipinski definition) is 4. The lowest BCUT2D eigenvalue weighted by Crippen LogP contribution is -2.32. The van der Waals surface area contributed by atoms with Crippen LogP contribution in [-0.2, 0) is 16.0 Å². The Balaban J connectivity index is 1.54. The van der Waals surface area contributed by atoms with Crippen molar-refractivity contribution < 1.29 is 19.1 Å². The zero-order valence-electron chi connectivity index (χ0n) is 16.1. The van der Waals surface area contributed by atoms with Gasteiger partial charge in [-0.05, 0) is 49.1 Å². The Labute approximate surface area is 165 Å². The van der Waals surface area contributed by atoms with E-state index in [1.807, 2.05) is 24.3 Å². The zero-order valence-corrected chi connectivity index (χ0v) is 16.1. The van der Waals surface area contributed by atoms with Gasteiger partial charge in [-0.3, -0.25) is 9.59 Å². The Morgan fingerprint density at radius 3 is 2.64 bits per heavy atom. The highest BCUT2D eigenvalue weighted by Gasteiger charge is 2.18. The minimum Gasteiger partial charge on any atom is -0.497 e. The summed E-state index contributed by atoms with van der Waals surface area (Å²) in [6, 6.07) is 14.7. The molecule has 0 aliphatic carbocycles. The number of amides is 2. The van der Waals surface area contributed by atoms with Crippen LogP contribution in [0.3, 0.4) is 0 Å². The van der Waals surface area contributed by atoms with Crippen LogP contribution >= 0.6 is 0 Å². The molecule has 0 unspecified atom stereocenters. The smallest absolute Gasteiger partial charge is 0.253 e. The van der Waals surface area contributed by atoms with Crippen LogP contribution in [0.4, 0.5) is 5.69 Å². The Morgan fingerprint density at radius 1 is 1.14 bits per heavy atom. The summed E-state index contributed by atoms with van der Waals surface area (Å²) < 4.78 is 10.7. The van der Waals surface area contributed by atoms with Crippen molar-refractivity contribution in [3.63, 3.8) is 0 Å². The van der Waals surface area contributed by atoms with E-state index in [0.717, 1.165) is 30.8 Å². The maximum absolute atomic E-state index is 12.5. The van der Waals surface area contributed by atoms with Crippen molar-refractivity contribution in [2.24, 2.45) is 0 Å². The van der Waals surface area contributed by atoms with Crippen molar-refractivity contribution >= 4 is 17.5 Å². The molecule has 3 rings (SSSR count). The van der Waals surface area contributed by atoms with Crippen LogP contribution in [-0.4, -0.2) is 38.2 Å². The highest BCUT2D eigenvalue weighted by Crippen LogP contribution is 2.17. The van der Waals surface area contributed by atoms with Crippen LogP contribution in [0.15, 0.2) is 48.5 Å². The van der Waals surface area contributed by atoms with E-state index in [-0.39, 0.29) is 17.9 Å². The number of aryl methyl sites for hydroxylation is 1. The number of carbonyl (C=O) groups excluding carboxylic acids is 2. The summed E-state index contributed by atoms with van der Waals surface area (Å²) in [4.78, 5) is 24.9. The number of rotatable bonds is 8. The molecule has 0 spiro atoms. The first kappa shape index (κ1) is 19.9. The zero-order chi connectivity index (χ0) is 19.8. The van der Waals surface area contributed by atoms with Crippen LogP contribution in [0.5, 0.6) is 5.75 Å². The molecule has 1 aliphatic rings. The van der Waals surface area contributed by atoms with Gasteiger partial charge in [0.1, 0.15) is 5.75 Å². The second-order valence-electron chi connectivity index (χ2n) is 6.79. The van der Waals surface area contributed by atoms with Crippen LogP contribution < -0.4 is 15.4 Å². The number of para-hydroxylation sites is 1. The van der Waals surface area contributed by atoms with Crippen molar-refractivity contribution in [1.82, 2.24) is 5.32 Å². The van der Waals surface area contributed by atoms with Crippen molar-refractivity contribution in [3.8, 4) is 5.75 Å². The summed E-state index contributed by atoms with van der Waals surface area (Å²) in [6.45, 7) is 1.24. The molecule has 0 aromatic heterocycles. The molecular formula is C22H26N2O4. The average Bonchev–Trinajstić information content (AvgIpc) is 3.25. The number of ether oxygens (including phenoxy) is 2. The lowest BCUT2D eigenvalue weighted by atomic mass is 10.1. The SMILES string of the molecule is COc1ccc(CCC(=O)Nc2ccccc2C(=O)NC[C@H]2CCCO2)cc1. The van der Waals surface area contributed by atoms with Gasteiger partial charge < -0.3 is 20.1 Å². The van der Waals surface area contributed by atoms with Gasteiger partial charge in [-0.15, -0.1) is 0 Å². The third-order valence-corrected chi connectivity index (χ3v) is 4.76. The Bertz CT molecular complexity index is 798. The predicted octanol–water partition coefficient (Wildman–Crippen LogP) is 3.18. The number of nitrogens with one attached hydrogen (secondary N) is 2. The standard InChI is InChI=1S/C22H26N2O4/c1-27-17-11-8-16(9-12-17)10-13-21(25)24-20-7-3-2-6-19(20)22(26)23-15-18-5-4-14-28-18/h2-3,6-9,11-12,18H,4-5,10,13-15H2,1H3,(H,23,26)(H,24,25)/t18-/m1/s1. The fraction of sp³-hybridized carbons (Fsp3) is 0.364. The quantitative estimate of drug-likeness (QED) is 0.735. The van der Waals surface area contributed by atoms with Crippen molar-refractivity contribution in [2.45, 2.75) is 31.8 Å². The Morgan fingerprint density at radius 2 is 1.93 bits per heavy atom. The second kappa shape index (κ2) is 9.90. The number of anilines is 1. The highest BCUT2D eigenvalue weighted by molar-refractivity contribution is 6.03. The van der Waals surface area contributed by atoms with Crippen LogP contribution in [0, 0.1) is 0 Å². The summed E-state index contributed by atoms with van der Waals surface area (Å²) in [7, 11) is 1.62. The van der Waals surface area contributed by atoms with Gasteiger partial charge in [0.05, 0.1) is 24.5 Å². The van der Waals surface area contributed by atoms with Gasteiger partial charge in [0, 0.05) is 19.6 Å². The fourth-order valence-electron chi connectivity index (χ4n) is 3.16. The van der Waals surface area contributed by atoms with E-state index < -0.39 is 0 Å². The molecule has 2 N–H and O–H groups in total. The molecule has 28 heavy (non-hydrogen) atoms.